The molecule has 0 aliphatic carbocycles. The molecule has 0 aromatic heterocycles. The molecule has 0 bridgehead atoms. The molecule has 1 nitrogen and oxygen atoms in total. The number of benzene rings is 1. The Morgan fingerprint density at radius 1 is 1.00 bits per heavy atom. The lowest BCUT2D eigenvalue weighted by molar-refractivity contribution is -0.143. The van der Waals surface area contributed by atoms with Gasteiger partial charge in [-0.05, 0) is 18.6 Å². The number of halogens is 6. The van der Waals surface area contributed by atoms with Crippen molar-refractivity contribution in [3.63, 3.8) is 0 Å². The molecule has 0 radical (unpaired) electrons. The lowest BCUT2D eigenvalue weighted by atomic mass is 9.80. The number of carbonyl (C=O) groups is 1. The molecule has 0 heterocycles. The maximum atomic E-state index is 12.9. The molecular weight excluding hydrogens is 298 g/mol. The van der Waals surface area contributed by atoms with Crippen LogP contribution < -0.4 is 0 Å². The van der Waals surface area contributed by atoms with Gasteiger partial charge in [-0.1, -0.05) is 26.8 Å². The molecule has 0 fully saturated rings. The van der Waals surface area contributed by atoms with Crippen LogP contribution in [0, 0.1) is 5.41 Å². The van der Waals surface area contributed by atoms with E-state index in [9.17, 15) is 31.1 Å². The van der Waals surface area contributed by atoms with Crippen LogP contribution in [0.2, 0.25) is 0 Å². The van der Waals surface area contributed by atoms with Crippen molar-refractivity contribution in [3.8, 4) is 0 Å². The van der Waals surface area contributed by atoms with Gasteiger partial charge in [0.1, 0.15) is 0 Å². The molecule has 0 aliphatic rings. The summed E-state index contributed by atoms with van der Waals surface area (Å²) in [6.07, 6.45) is -9.66. The first kappa shape index (κ1) is 17.5. The number of alkyl halides is 6. The van der Waals surface area contributed by atoms with Crippen LogP contribution in [0.25, 0.3) is 0 Å². The van der Waals surface area contributed by atoms with E-state index in [1.165, 1.54) is 13.8 Å². The summed E-state index contributed by atoms with van der Waals surface area (Å²) in [6, 6.07) is 1.08. The first-order chi connectivity index (χ1) is 9.30. The fourth-order valence-corrected chi connectivity index (χ4v) is 1.68. The SMILES string of the molecule is CCC(C)(C)C(=O)c1ccc(C(F)(F)F)cc1C(F)(F)F. The van der Waals surface area contributed by atoms with E-state index >= 15 is 0 Å². The van der Waals surface area contributed by atoms with E-state index in [1.54, 1.807) is 6.92 Å². The summed E-state index contributed by atoms with van der Waals surface area (Å²) in [7, 11) is 0. The molecule has 21 heavy (non-hydrogen) atoms. The zero-order chi connectivity index (χ0) is 16.6. The monoisotopic (exact) mass is 312 g/mol. The van der Waals surface area contributed by atoms with Crippen LogP contribution in [0.3, 0.4) is 0 Å². The minimum atomic E-state index is -5.03. The molecule has 0 atom stereocenters. The lowest BCUT2D eigenvalue weighted by Gasteiger charge is -2.23. The van der Waals surface area contributed by atoms with Crippen LogP contribution in [0.4, 0.5) is 26.3 Å². The van der Waals surface area contributed by atoms with Crippen LogP contribution in [0.5, 0.6) is 0 Å². The molecule has 0 spiro atoms. The van der Waals surface area contributed by atoms with E-state index < -0.39 is 40.2 Å². The van der Waals surface area contributed by atoms with Crippen molar-refractivity contribution in [2.24, 2.45) is 5.41 Å². The van der Waals surface area contributed by atoms with Crippen LogP contribution in [-0.2, 0) is 12.4 Å². The lowest BCUT2D eigenvalue weighted by Crippen LogP contribution is -2.26. The molecule has 7 heteroatoms. The number of ketones is 1. The predicted molar refractivity (Wildman–Crippen MR) is 64.8 cm³/mol. The van der Waals surface area contributed by atoms with Crippen molar-refractivity contribution in [3.05, 3.63) is 34.9 Å². The highest BCUT2D eigenvalue weighted by atomic mass is 19.4. The van der Waals surface area contributed by atoms with Crippen molar-refractivity contribution in [1.29, 1.82) is 0 Å². The van der Waals surface area contributed by atoms with Crippen molar-refractivity contribution >= 4 is 5.78 Å². The Balaban J connectivity index is 3.51. The number of hydrogen-bond acceptors (Lipinski definition) is 1. The summed E-state index contributed by atoms with van der Waals surface area (Å²) >= 11 is 0. The Hall–Kier alpha value is -1.53. The topological polar surface area (TPSA) is 17.1 Å². The van der Waals surface area contributed by atoms with Gasteiger partial charge >= 0.3 is 12.4 Å². The van der Waals surface area contributed by atoms with Gasteiger partial charge in [-0.2, -0.15) is 26.3 Å². The van der Waals surface area contributed by atoms with Crippen molar-refractivity contribution in [2.75, 3.05) is 0 Å². The predicted octanol–water partition coefficient (Wildman–Crippen LogP) is 5.34. The van der Waals surface area contributed by atoms with E-state index in [2.05, 4.69) is 0 Å². The first-order valence-electron chi connectivity index (χ1n) is 6.14. The van der Waals surface area contributed by atoms with Gasteiger partial charge in [0.25, 0.3) is 0 Å². The van der Waals surface area contributed by atoms with E-state index in [4.69, 9.17) is 0 Å². The van der Waals surface area contributed by atoms with Gasteiger partial charge in [0.05, 0.1) is 11.1 Å². The average molecular weight is 312 g/mol. The second kappa shape index (κ2) is 5.35. The highest BCUT2D eigenvalue weighted by Gasteiger charge is 2.41. The number of hydrogen-bond donors (Lipinski definition) is 0. The van der Waals surface area contributed by atoms with E-state index in [0.29, 0.717) is 12.1 Å². The molecule has 0 saturated carbocycles. The number of carbonyl (C=O) groups excluding carboxylic acids is 1. The van der Waals surface area contributed by atoms with Crippen LogP contribution in [0.1, 0.15) is 48.7 Å². The highest BCUT2D eigenvalue weighted by molar-refractivity contribution is 6.01. The molecular formula is C14H14F6O. The van der Waals surface area contributed by atoms with E-state index in [0.717, 1.165) is 0 Å². The Labute approximate surface area is 118 Å². The summed E-state index contributed by atoms with van der Waals surface area (Å²) in [5.41, 5.74) is -4.80. The highest BCUT2D eigenvalue weighted by Crippen LogP contribution is 2.39. The van der Waals surface area contributed by atoms with E-state index in [1.807, 2.05) is 0 Å². The molecule has 0 aliphatic heterocycles. The fourth-order valence-electron chi connectivity index (χ4n) is 1.68. The average Bonchev–Trinajstić information content (AvgIpc) is 2.35. The molecule has 0 N–H and O–H groups in total. The second-order valence-corrected chi connectivity index (χ2v) is 5.32. The van der Waals surface area contributed by atoms with Gasteiger partial charge in [0.2, 0.25) is 0 Å². The molecule has 0 amide bonds. The summed E-state index contributed by atoms with van der Waals surface area (Å²) in [5.74, 6) is -0.828. The van der Waals surface area contributed by atoms with Gasteiger partial charge < -0.3 is 0 Å². The van der Waals surface area contributed by atoms with Gasteiger partial charge in [0, 0.05) is 11.0 Å². The molecule has 1 aromatic rings. The standard InChI is InChI=1S/C14H14F6O/c1-4-12(2,3)11(21)9-6-5-8(13(15,16)17)7-10(9)14(18,19)20/h5-7H,4H2,1-3H3. The molecule has 0 unspecified atom stereocenters. The van der Waals surface area contributed by atoms with Crippen molar-refractivity contribution in [2.45, 2.75) is 39.5 Å². The van der Waals surface area contributed by atoms with Crippen LogP contribution in [-0.4, -0.2) is 5.78 Å². The second-order valence-electron chi connectivity index (χ2n) is 5.32. The fraction of sp³-hybridized carbons (Fsp3) is 0.500. The Morgan fingerprint density at radius 3 is 1.90 bits per heavy atom. The number of Topliss-reactive ketones (excluding diaryl/α,β-unsaturated/α-hetero) is 1. The summed E-state index contributed by atoms with van der Waals surface area (Å²) in [5, 5.41) is 0. The third-order valence-corrected chi connectivity index (χ3v) is 3.40. The van der Waals surface area contributed by atoms with Gasteiger partial charge in [-0.15, -0.1) is 0 Å². The molecule has 1 rings (SSSR count). The van der Waals surface area contributed by atoms with Crippen LogP contribution >= 0.6 is 0 Å². The zero-order valence-electron chi connectivity index (χ0n) is 11.6. The molecule has 1 aromatic carbocycles. The quantitative estimate of drug-likeness (QED) is 0.543. The Bertz CT molecular complexity index is 539. The summed E-state index contributed by atoms with van der Waals surface area (Å²) < 4.78 is 76.5. The third kappa shape index (κ3) is 3.77. The van der Waals surface area contributed by atoms with Crippen molar-refractivity contribution in [1.82, 2.24) is 0 Å². The molecule has 0 saturated heterocycles. The maximum absolute atomic E-state index is 12.9. The summed E-state index contributed by atoms with van der Waals surface area (Å²) in [4.78, 5) is 12.1. The first-order valence-corrected chi connectivity index (χ1v) is 6.14. The minimum absolute atomic E-state index is 0.0149. The van der Waals surface area contributed by atoms with Crippen molar-refractivity contribution < 1.29 is 31.1 Å². The number of rotatable bonds is 3. The van der Waals surface area contributed by atoms with Crippen LogP contribution in [0.15, 0.2) is 18.2 Å². The normalized spacial score (nSPS) is 13.4. The summed E-state index contributed by atoms with van der Waals surface area (Å²) in [6.45, 7) is 4.52. The third-order valence-electron chi connectivity index (χ3n) is 3.40. The largest absolute Gasteiger partial charge is 0.417 e. The van der Waals surface area contributed by atoms with E-state index in [-0.39, 0.29) is 12.5 Å². The Morgan fingerprint density at radius 2 is 1.52 bits per heavy atom. The van der Waals surface area contributed by atoms with Gasteiger partial charge in [-0.25, -0.2) is 0 Å². The smallest absolute Gasteiger partial charge is 0.294 e. The Kier molecular flexibility index (Phi) is 4.46. The zero-order valence-corrected chi connectivity index (χ0v) is 11.6. The minimum Gasteiger partial charge on any atom is -0.294 e. The maximum Gasteiger partial charge on any atom is 0.417 e. The molecule has 118 valence electrons. The van der Waals surface area contributed by atoms with Gasteiger partial charge in [-0.3, -0.25) is 4.79 Å². The van der Waals surface area contributed by atoms with Gasteiger partial charge in [0.15, 0.2) is 5.78 Å².